The summed E-state index contributed by atoms with van der Waals surface area (Å²) < 4.78 is 1.60. The van der Waals surface area contributed by atoms with Gasteiger partial charge in [0.2, 0.25) is 0 Å². The Morgan fingerprint density at radius 2 is 2.04 bits per heavy atom. The van der Waals surface area contributed by atoms with Gasteiger partial charge in [-0.2, -0.15) is 5.10 Å². The van der Waals surface area contributed by atoms with Crippen molar-refractivity contribution in [3.05, 3.63) is 66.0 Å². The predicted molar refractivity (Wildman–Crippen MR) is 95.8 cm³/mol. The first-order chi connectivity index (χ1) is 12.1. The van der Waals surface area contributed by atoms with Crippen LogP contribution in [-0.2, 0) is 11.8 Å². The average Bonchev–Trinajstić information content (AvgIpc) is 3.29. The number of benzene rings is 2. The minimum atomic E-state index is -1.16. The van der Waals surface area contributed by atoms with Crippen LogP contribution in [0.4, 0.5) is 0 Å². The van der Waals surface area contributed by atoms with Crippen molar-refractivity contribution in [2.75, 3.05) is 6.54 Å². The maximum Gasteiger partial charge on any atom is 0.256 e. The summed E-state index contributed by atoms with van der Waals surface area (Å²) >= 11 is 0. The Morgan fingerprint density at radius 3 is 2.84 bits per heavy atom. The number of carbonyl (C=O) groups is 1. The molecule has 128 valence electrons. The van der Waals surface area contributed by atoms with Crippen LogP contribution in [0.1, 0.15) is 36.1 Å². The van der Waals surface area contributed by atoms with Crippen molar-refractivity contribution >= 4 is 16.7 Å². The summed E-state index contributed by atoms with van der Waals surface area (Å²) in [4.78, 5) is 14.7. The molecule has 1 amide bonds. The molecular weight excluding hydrogens is 314 g/mol. The zero-order valence-electron chi connectivity index (χ0n) is 14.2. The highest BCUT2D eigenvalue weighted by molar-refractivity contribution is 5.88. The number of hydrogen-bond acceptors (Lipinski definition) is 3. The van der Waals surface area contributed by atoms with E-state index in [0.29, 0.717) is 12.1 Å². The number of aliphatic hydroxyl groups is 1. The summed E-state index contributed by atoms with van der Waals surface area (Å²) in [6, 6.07) is 14.5. The fraction of sp³-hybridized carbons (Fsp3) is 0.300. The Bertz CT molecular complexity index is 913. The van der Waals surface area contributed by atoms with Gasteiger partial charge in [0, 0.05) is 25.4 Å². The third kappa shape index (κ3) is 2.81. The van der Waals surface area contributed by atoms with Crippen LogP contribution in [0.5, 0.6) is 0 Å². The van der Waals surface area contributed by atoms with Crippen molar-refractivity contribution in [3.8, 4) is 0 Å². The second kappa shape index (κ2) is 6.33. The Morgan fingerprint density at radius 1 is 1.24 bits per heavy atom. The number of fused-ring (bicyclic) bond motifs is 1. The van der Waals surface area contributed by atoms with Gasteiger partial charge in [0.05, 0.1) is 12.2 Å². The van der Waals surface area contributed by atoms with Gasteiger partial charge in [0.1, 0.15) is 0 Å². The maximum atomic E-state index is 12.9. The quantitative estimate of drug-likeness (QED) is 0.800. The van der Waals surface area contributed by atoms with Crippen LogP contribution in [-0.4, -0.2) is 32.2 Å². The third-order valence-corrected chi connectivity index (χ3v) is 4.99. The molecule has 5 heteroatoms. The van der Waals surface area contributed by atoms with Crippen molar-refractivity contribution in [2.45, 2.75) is 25.0 Å². The van der Waals surface area contributed by atoms with E-state index >= 15 is 0 Å². The molecule has 2 heterocycles. The van der Waals surface area contributed by atoms with E-state index in [0.717, 1.165) is 18.4 Å². The second-order valence-electron chi connectivity index (χ2n) is 6.61. The van der Waals surface area contributed by atoms with Gasteiger partial charge < -0.3 is 10.0 Å². The number of likely N-dealkylation sites (tertiary alicyclic amines) is 1. The Kier molecular flexibility index (Phi) is 4.01. The number of hydrogen-bond donors (Lipinski definition) is 1. The number of aryl methyl sites for hydroxylation is 1. The topological polar surface area (TPSA) is 58.4 Å². The van der Waals surface area contributed by atoms with Gasteiger partial charge in [-0.3, -0.25) is 9.48 Å². The number of aliphatic hydroxyl groups excluding tert-OH is 1. The summed E-state index contributed by atoms with van der Waals surface area (Å²) in [5, 5.41) is 16.9. The van der Waals surface area contributed by atoms with Crippen LogP contribution in [0.3, 0.4) is 0 Å². The van der Waals surface area contributed by atoms with Crippen LogP contribution in [0, 0.1) is 0 Å². The second-order valence-corrected chi connectivity index (χ2v) is 6.61. The molecule has 2 aromatic carbocycles. The predicted octanol–water partition coefficient (Wildman–Crippen LogP) is 2.97. The van der Waals surface area contributed by atoms with E-state index in [2.05, 4.69) is 29.4 Å². The molecule has 0 bridgehead atoms. The molecule has 0 saturated carbocycles. The van der Waals surface area contributed by atoms with Gasteiger partial charge in [0.25, 0.3) is 5.91 Å². The lowest BCUT2D eigenvalue weighted by Crippen LogP contribution is -2.34. The molecule has 1 aliphatic rings. The molecule has 0 unspecified atom stereocenters. The summed E-state index contributed by atoms with van der Waals surface area (Å²) in [5.41, 5.74) is 1.69. The van der Waals surface area contributed by atoms with Crippen LogP contribution >= 0.6 is 0 Å². The van der Waals surface area contributed by atoms with Crippen molar-refractivity contribution in [2.24, 2.45) is 7.05 Å². The van der Waals surface area contributed by atoms with Gasteiger partial charge in [-0.25, -0.2) is 0 Å². The number of nitrogens with zero attached hydrogens (tertiary/aromatic N) is 3. The highest BCUT2D eigenvalue weighted by Crippen LogP contribution is 2.37. The molecule has 3 aromatic rings. The van der Waals surface area contributed by atoms with Crippen molar-refractivity contribution in [1.82, 2.24) is 14.7 Å². The molecule has 1 fully saturated rings. The van der Waals surface area contributed by atoms with Gasteiger partial charge in [-0.1, -0.05) is 42.5 Å². The van der Waals surface area contributed by atoms with Crippen LogP contribution in [0.2, 0.25) is 0 Å². The summed E-state index contributed by atoms with van der Waals surface area (Å²) in [7, 11) is 1.77. The Hall–Kier alpha value is -2.66. The lowest BCUT2D eigenvalue weighted by molar-refractivity contribution is -0.141. The SMILES string of the molecule is Cn1cc([C@H](O)C(=O)N2CCC[C@H]2c2cccc3ccccc23)cn1. The van der Waals surface area contributed by atoms with E-state index in [1.807, 2.05) is 23.1 Å². The fourth-order valence-corrected chi connectivity index (χ4v) is 3.78. The molecule has 25 heavy (non-hydrogen) atoms. The Labute approximate surface area is 146 Å². The lowest BCUT2D eigenvalue weighted by Gasteiger charge is -2.28. The van der Waals surface area contributed by atoms with E-state index in [1.54, 1.807) is 24.1 Å². The third-order valence-electron chi connectivity index (χ3n) is 4.99. The molecule has 1 aromatic heterocycles. The molecule has 0 spiro atoms. The highest BCUT2D eigenvalue weighted by Gasteiger charge is 2.34. The zero-order chi connectivity index (χ0) is 17.4. The highest BCUT2D eigenvalue weighted by atomic mass is 16.3. The number of amides is 1. The standard InChI is InChI=1S/C20H21N3O2/c1-22-13-15(12-21-22)19(24)20(25)23-11-5-10-18(23)17-9-4-7-14-6-2-3-8-16(14)17/h2-4,6-9,12-13,18-19,24H,5,10-11H2,1H3/t18-,19-/m0/s1. The molecule has 1 N–H and O–H groups in total. The first kappa shape index (κ1) is 15.8. The van der Waals surface area contributed by atoms with Gasteiger partial charge >= 0.3 is 0 Å². The molecule has 0 radical (unpaired) electrons. The number of rotatable bonds is 3. The average molecular weight is 335 g/mol. The molecule has 4 rings (SSSR count). The molecule has 1 aliphatic heterocycles. The summed E-state index contributed by atoms with van der Waals surface area (Å²) in [6.45, 7) is 0.671. The van der Waals surface area contributed by atoms with E-state index in [9.17, 15) is 9.90 Å². The largest absolute Gasteiger partial charge is 0.378 e. The van der Waals surface area contributed by atoms with Crippen LogP contribution in [0.25, 0.3) is 10.8 Å². The maximum absolute atomic E-state index is 12.9. The molecule has 5 nitrogen and oxygen atoms in total. The normalized spacial score (nSPS) is 18.6. The molecule has 1 saturated heterocycles. The van der Waals surface area contributed by atoms with Crippen molar-refractivity contribution in [1.29, 1.82) is 0 Å². The monoisotopic (exact) mass is 335 g/mol. The summed E-state index contributed by atoms with van der Waals surface area (Å²) in [6.07, 6.45) is 3.93. The van der Waals surface area contributed by atoms with Crippen LogP contribution < -0.4 is 0 Å². The van der Waals surface area contributed by atoms with E-state index < -0.39 is 6.10 Å². The first-order valence-corrected chi connectivity index (χ1v) is 8.60. The Balaban J connectivity index is 1.67. The minimum absolute atomic E-state index is 0.00456. The summed E-state index contributed by atoms with van der Waals surface area (Å²) in [5.74, 6) is -0.247. The van der Waals surface area contributed by atoms with Gasteiger partial charge in [-0.15, -0.1) is 0 Å². The lowest BCUT2D eigenvalue weighted by atomic mass is 9.97. The van der Waals surface area contributed by atoms with Gasteiger partial charge in [0.15, 0.2) is 6.10 Å². The van der Waals surface area contributed by atoms with E-state index in [1.165, 1.54) is 10.8 Å². The fourth-order valence-electron chi connectivity index (χ4n) is 3.78. The molecular formula is C20H21N3O2. The van der Waals surface area contributed by atoms with Crippen LogP contribution in [0.15, 0.2) is 54.9 Å². The first-order valence-electron chi connectivity index (χ1n) is 8.60. The van der Waals surface area contributed by atoms with Crippen molar-refractivity contribution < 1.29 is 9.90 Å². The van der Waals surface area contributed by atoms with E-state index in [-0.39, 0.29) is 11.9 Å². The van der Waals surface area contributed by atoms with E-state index in [4.69, 9.17) is 0 Å². The molecule has 0 aliphatic carbocycles. The van der Waals surface area contributed by atoms with Gasteiger partial charge in [-0.05, 0) is 29.2 Å². The number of aromatic nitrogens is 2. The number of carbonyl (C=O) groups excluding carboxylic acids is 1. The minimum Gasteiger partial charge on any atom is -0.378 e. The van der Waals surface area contributed by atoms with Crippen molar-refractivity contribution in [3.63, 3.8) is 0 Å². The smallest absolute Gasteiger partial charge is 0.256 e. The zero-order valence-corrected chi connectivity index (χ0v) is 14.2. The molecule has 2 atom stereocenters.